The Bertz CT molecular complexity index is 3830. The van der Waals surface area contributed by atoms with Crippen molar-refractivity contribution in [2.45, 2.75) is 0 Å². The van der Waals surface area contributed by atoms with E-state index >= 15 is 0 Å². The van der Waals surface area contributed by atoms with E-state index in [1.165, 1.54) is 42.0 Å². The molecule has 0 N–H and O–H groups in total. The van der Waals surface area contributed by atoms with E-state index in [1.807, 2.05) is 29.5 Å². The summed E-state index contributed by atoms with van der Waals surface area (Å²) < 4.78 is 27.6. The molecule has 7 heteroatoms. The molecular weight excluding hydrogens is 767 g/mol. The van der Waals surface area contributed by atoms with Gasteiger partial charge in [-0.3, -0.25) is 0 Å². The summed E-state index contributed by atoms with van der Waals surface area (Å²) >= 11 is 1.88. The van der Waals surface area contributed by atoms with Gasteiger partial charge in [0, 0.05) is 76.1 Å². The SMILES string of the molecule is c1cc2c3c(c1)Oc1cc(-n4c5ccccc5c5c6sc7ccccc7c6ccc54)ccc1B3c1ccc(-n3c4ccccc4c4c5oc6ccccc6c5ccc43)cc1O2. The number of thiophene rings is 1. The van der Waals surface area contributed by atoms with Gasteiger partial charge in [0.1, 0.15) is 34.2 Å². The summed E-state index contributed by atoms with van der Waals surface area (Å²) in [5, 5.41) is 9.68. The Morgan fingerprint density at radius 2 is 0.984 bits per heavy atom. The zero-order valence-electron chi connectivity index (χ0n) is 32.3. The summed E-state index contributed by atoms with van der Waals surface area (Å²) in [6.07, 6.45) is 0. The first-order valence-electron chi connectivity index (χ1n) is 20.7. The van der Waals surface area contributed by atoms with Crippen molar-refractivity contribution >= 4 is 120 Å². The van der Waals surface area contributed by atoms with Gasteiger partial charge in [-0.15, -0.1) is 11.3 Å². The minimum atomic E-state index is -0.0635. The predicted octanol–water partition coefficient (Wildman–Crippen LogP) is 12.9. The van der Waals surface area contributed by atoms with Crippen LogP contribution < -0.4 is 25.9 Å². The van der Waals surface area contributed by atoms with Crippen molar-refractivity contribution < 1.29 is 13.9 Å². The molecule has 13 aromatic rings. The third-order valence-corrected chi connectivity index (χ3v) is 14.5. The Kier molecular flexibility index (Phi) is 6.07. The van der Waals surface area contributed by atoms with E-state index in [0.717, 1.165) is 94.5 Å². The first-order chi connectivity index (χ1) is 30.2. The summed E-state index contributed by atoms with van der Waals surface area (Å²) in [7, 11) is 0. The van der Waals surface area contributed by atoms with Crippen molar-refractivity contribution in [3.05, 3.63) is 176 Å². The Labute approximate surface area is 351 Å². The number of para-hydroxylation sites is 3. The molecule has 2 aliphatic heterocycles. The topological polar surface area (TPSA) is 41.5 Å². The molecule has 61 heavy (non-hydrogen) atoms. The van der Waals surface area contributed by atoms with Crippen LogP contribution in [-0.4, -0.2) is 15.8 Å². The lowest BCUT2D eigenvalue weighted by molar-refractivity contribution is 0.464. The number of hydrogen-bond acceptors (Lipinski definition) is 4. The molecule has 0 saturated carbocycles. The van der Waals surface area contributed by atoms with Crippen LogP contribution >= 0.6 is 11.3 Å². The van der Waals surface area contributed by atoms with Gasteiger partial charge in [-0.05, 0) is 77.7 Å². The average Bonchev–Trinajstić information content (AvgIpc) is 4.06. The molecule has 4 aromatic heterocycles. The highest BCUT2D eigenvalue weighted by atomic mass is 32.1. The van der Waals surface area contributed by atoms with E-state index in [0.29, 0.717) is 0 Å². The van der Waals surface area contributed by atoms with Gasteiger partial charge in [0.05, 0.1) is 27.5 Å². The predicted molar refractivity (Wildman–Crippen MR) is 253 cm³/mol. The van der Waals surface area contributed by atoms with Crippen molar-refractivity contribution in [2.75, 3.05) is 0 Å². The van der Waals surface area contributed by atoms with E-state index < -0.39 is 0 Å². The first kappa shape index (κ1) is 32.2. The largest absolute Gasteiger partial charge is 0.458 e. The van der Waals surface area contributed by atoms with Gasteiger partial charge in [-0.1, -0.05) is 97.1 Å². The quantitative estimate of drug-likeness (QED) is 0.164. The molecule has 5 nitrogen and oxygen atoms in total. The summed E-state index contributed by atoms with van der Waals surface area (Å²) in [6, 6.07) is 63.1. The standard InChI is InChI=1S/C54H29BN2O3S/c1-5-14-40-36(12-1)50-42(26-22-34-32-10-3-7-16-44(32)60-53(34)50)56(40)30-20-24-38-47(28-30)58-45-17-9-18-46-52(45)55(38)39-25-21-31(29-48(39)59-46)57-41-15-6-2-13-37(41)51-43(57)27-23-35-33-11-4-8-19-49(33)61-54(35)51/h1-29H. The number of furan rings is 1. The van der Waals surface area contributed by atoms with Gasteiger partial charge >= 0.3 is 0 Å². The molecule has 6 heterocycles. The number of hydrogen-bond donors (Lipinski definition) is 0. The maximum Gasteiger partial charge on any atom is 0.260 e. The molecule has 2 aliphatic rings. The summed E-state index contributed by atoms with van der Waals surface area (Å²) in [5.41, 5.74) is 11.8. The van der Waals surface area contributed by atoms with Crippen molar-refractivity contribution in [3.8, 4) is 34.4 Å². The number of nitrogens with zero attached hydrogens (tertiary/aromatic N) is 2. The molecule has 0 bridgehead atoms. The smallest absolute Gasteiger partial charge is 0.260 e. The Morgan fingerprint density at radius 1 is 0.410 bits per heavy atom. The van der Waals surface area contributed by atoms with Crippen molar-refractivity contribution in [1.82, 2.24) is 9.13 Å². The van der Waals surface area contributed by atoms with Crippen LogP contribution in [0.25, 0.3) is 97.1 Å². The van der Waals surface area contributed by atoms with Crippen molar-refractivity contribution in [1.29, 1.82) is 0 Å². The van der Waals surface area contributed by atoms with Gasteiger partial charge in [-0.25, -0.2) is 0 Å². The summed E-state index contributed by atoms with van der Waals surface area (Å²) in [5.74, 6) is 3.35. The number of fused-ring (bicyclic) bond motifs is 18. The first-order valence-corrected chi connectivity index (χ1v) is 21.5. The minimum Gasteiger partial charge on any atom is -0.458 e. The molecule has 0 unspecified atom stereocenters. The molecule has 0 amide bonds. The Morgan fingerprint density at radius 3 is 1.69 bits per heavy atom. The highest BCUT2D eigenvalue weighted by molar-refractivity contribution is 7.26. The summed E-state index contributed by atoms with van der Waals surface area (Å²) in [6.45, 7) is -0.0635. The maximum absolute atomic E-state index is 6.84. The molecule has 0 saturated heterocycles. The van der Waals surface area contributed by atoms with E-state index in [1.54, 1.807) is 0 Å². The van der Waals surface area contributed by atoms with Crippen molar-refractivity contribution in [3.63, 3.8) is 0 Å². The van der Waals surface area contributed by atoms with Crippen LogP contribution in [0.15, 0.2) is 180 Å². The Hall–Kier alpha value is -7.74. The molecule has 282 valence electrons. The number of aromatic nitrogens is 2. The third-order valence-electron chi connectivity index (χ3n) is 13.2. The molecule has 0 spiro atoms. The minimum absolute atomic E-state index is 0.0635. The molecule has 0 aliphatic carbocycles. The number of rotatable bonds is 2. The fourth-order valence-electron chi connectivity index (χ4n) is 10.7. The normalized spacial score (nSPS) is 13.1. The van der Waals surface area contributed by atoms with E-state index in [-0.39, 0.29) is 6.71 Å². The zero-order chi connectivity index (χ0) is 39.5. The van der Waals surface area contributed by atoms with Gasteiger partial charge in [-0.2, -0.15) is 0 Å². The highest BCUT2D eigenvalue weighted by Gasteiger charge is 2.40. The number of ether oxygens (including phenoxy) is 2. The molecule has 15 rings (SSSR count). The van der Waals surface area contributed by atoms with Crippen LogP contribution in [0.1, 0.15) is 0 Å². The van der Waals surface area contributed by atoms with Gasteiger partial charge < -0.3 is 23.0 Å². The summed E-state index contributed by atoms with van der Waals surface area (Å²) in [4.78, 5) is 0. The van der Waals surface area contributed by atoms with Crippen LogP contribution in [0.5, 0.6) is 23.0 Å². The van der Waals surface area contributed by atoms with Gasteiger partial charge in [0.15, 0.2) is 0 Å². The highest BCUT2D eigenvalue weighted by Crippen LogP contribution is 2.45. The molecule has 0 fully saturated rings. The molecule has 0 atom stereocenters. The molecule has 9 aromatic carbocycles. The van der Waals surface area contributed by atoms with E-state index in [4.69, 9.17) is 13.9 Å². The van der Waals surface area contributed by atoms with E-state index in [2.05, 4.69) is 167 Å². The van der Waals surface area contributed by atoms with Crippen molar-refractivity contribution in [2.24, 2.45) is 0 Å². The van der Waals surface area contributed by atoms with Gasteiger partial charge in [0.2, 0.25) is 0 Å². The van der Waals surface area contributed by atoms with Crippen LogP contribution in [-0.2, 0) is 0 Å². The monoisotopic (exact) mass is 796 g/mol. The number of benzene rings is 9. The zero-order valence-corrected chi connectivity index (χ0v) is 33.2. The van der Waals surface area contributed by atoms with Crippen LogP contribution in [0.2, 0.25) is 0 Å². The lowest BCUT2D eigenvalue weighted by atomic mass is 9.35. The fourth-order valence-corrected chi connectivity index (χ4v) is 12.0. The lowest BCUT2D eigenvalue weighted by Gasteiger charge is -2.33. The van der Waals surface area contributed by atoms with Crippen LogP contribution in [0, 0.1) is 0 Å². The molecule has 0 radical (unpaired) electrons. The Balaban J connectivity index is 0.906. The second-order valence-corrected chi connectivity index (χ2v) is 17.4. The average molecular weight is 797 g/mol. The van der Waals surface area contributed by atoms with Gasteiger partial charge in [0.25, 0.3) is 6.71 Å². The third kappa shape index (κ3) is 4.16. The van der Waals surface area contributed by atoms with Crippen LogP contribution in [0.3, 0.4) is 0 Å². The maximum atomic E-state index is 6.84. The van der Waals surface area contributed by atoms with E-state index in [9.17, 15) is 0 Å². The lowest BCUT2D eigenvalue weighted by Crippen LogP contribution is -2.57. The van der Waals surface area contributed by atoms with Crippen LogP contribution in [0.4, 0.5) is 0 Å². The molecular formula is C54H29BN2O3S. The second kappa shape index (κ2) is 11.5. The fraction of sp³-hybridized carbons (Fsp3) is 0. The second-order valence-electron chi connectivity index (χ2n) is 16.3.